The van der Waals surface area contributed by atoms with Crippen molar-refractivity contribution in [3.8, 4) is 0 Å². The predicted molar refractivity (Wildman–Crippen MR) is 30.8 cm³/mol. The quantitative estimate of drug-likeness (QED) is 0.303. The molecule has 54 valence electrons. The fraction of sp³-hybridized carbons (Fsp3) is 0. The molecule has 0 spiro atoms. The standard InChI is InChI=1S/Ca.Na.2H2O3Si.3H/c;;2*1-4(2)3;;;/h;;2*1-2H;;;/q+2;+1;;;3*-1. The van der Waals surface area contributed by atoms with Gasteiger partial charge in [-0.3, -0.25) is 8.92 Å². The Labute approximate surface area is 116 Å². The Bertz CT molecular complexity index is 83.9. The van der Waals surface area contributed by atoms with Gasteiger partial charge in [0.15, 0.2) is 0 Å². The van der Waals surface area contributed by atoms with Gasteiger partial charge in [-0.1, -0.05) is 0 Å². The average molecular weight is 222 g/mol. The van der Waals surface area contributed by atoms with E-state index in [1.54, 1.807) is 0 Å². The van der Waals surface area contributed by atoms with Gasteiger partial charge < -0.3 is 23.5 Å². The first-order valence-electron chi connectivity index (χ1n) is 1.30. The molecule has 0 fully saturated rings. The van der Waals surface area contributed by atoms with Crippen molar-refractivity contribution in [2.45, 2.75) is 0 Å². The van der Waals surface area contributed by atoms with Gasteiger partial charge in [-0.25, -0.2) is 0 Å². The van der Waals surface area contributed by atoms with Crippen LogP contribution in [0.5, 0.6) is 0 Å². The van der Waals surface area contributed by atoms with Crippen molar-refractivity contribution in [1.29, 1.82) is 0 Å². The minimum atomic E-state index is -3.13. The van der Waals surface area contributed by atoms with Crippen LogP contribution in [-0.2, 0) is 8.92 Å². The molecule has 0 atom stereocenters. The summed E-state index contributed by atoms with van der Waals surface area (Å²) in [5.74, 6) is 0. The molecule has 0 saturated carbocycles. The van der Waals surface area contributed by atoms with Gasteiger partial charge >= 0.3 is 85.6 Å². The largest absolute Gasteiger partial charge is 2.00 e. The van der Waals surface area contributed by atoms with Gasteiger partial charge in [0.1, 0.15) is 0 Å². The number of hydrogen-bond donors (Lipinski definition) is 4. The van der Waals surface area contributed by atoms with Crippen LogP contribution in [0.4, 0.5) is 0 Å². The summed E-state index contributed by atoms with van der Waals surface area (Å²) in [5, 5.41) is 0. The molecule has 0 aliphatic carbocycles. The monoisotopic (exact) mass is 222 g/mol. The Morgan fingerprint density at radius 1 is 0.900 bits per heavy atom. The zero-order valence-corrected chi connectivity index (χ0v) is 11.5. The maximum absolute atomic E-state index is 8.74. The molecule has 0 bridgehead atoms. The van der Waals surface area contributed by atoms with Crippen LogP contribution in [0, 0.1) is 0 Å². The molecule has 6 nitrogen and oxygen atoms in total. The molecule has 0 aromatic carbocycles. The summed E-state index contributed by atoms with van der Waals surface area (Å²) in [6, 6.07) is 0. The van der Waals surface area contributed by atoms with Gasteiger partial charge in [0.2, 0.25) is 0 Å². The van der Waals surface area contributed by atoms with Crippen LogP contribution in [0.15, 0.2) is 0 Å². The topological polar surface area (TPSA) is 115 Å². The summed E-state index contributed by atoms with van der Waals surface area (Å²) in [6.45, 7) is 0. The first kappa shape index (κ1) is 22.5. The predicted octanol–water partition coefficient (Wildman–Crippen LogP) is -6.27. The molecule has 0 aromatic rings. The minimum Gasteiger partial charge on any atom is -1.00 e. The molecule has 10 heteroatoms. The van der Waals surface area contributed by atoms with Crippen molar-refractivity contribution in [3.63, 3.8) is 0 Å². The minimum absolute atomic E-state index is 0. The van der Waals surface area contributed by atoms with Crippen LogP contribution in [0.3, 0.4) is 0 Å². The SMILES string of the molecule is O=[Si](O)O.O=[Si](O)O.[Ca+2].[H-].[H-].[H-].[Na+]. The summed E-state index contributed by atoms with van der Waals surface area (Å²) < 4.78 is 17.5. The summed E-state index contributed by atoms with van der Waals surface area (Å²) in [5.41, 5.74) is 0. The molecule has 0 radical (unpaired) electrons. The second-order valence-electron chi connectivity index (χ2n) is 0.565. The molecule has 0 saturated heterocycles. The zero-order valence-electron chi connectivity index (χ0n) is 8.31. The normalized spacial score (nSPS) is 4.80. The van der Waals surface area contributed by atoms with E-state index in [9.17, 15) is 0 Å². The molecule has 0 aliphatic rings. The molecule has 0 unspecified atom stereocenters. The molecule has 4 N–H and O–H groups in total. The van der Waals surface area contributed by atoms with Crippen molar-refractivity contribution in [1.82, 2.24) is 0 Å². The fourth-order valence-electron chi connectivity index (χ4n) is 0. The molecule has 0 aliphatic heterocycles. The molecule has 10 heavy (non-hydrogen) atoms. The summed E-state index contributed by atoms with van der Waals surface area (Å²) in [4.78, 5) is 28.6. The van der Waals surface area contributed by atoms with Gasteiger partial charge in [-0.15, -0.1) is 0 Å². The van der Waals surface area contributed by atoms with Gasteiger partial charge in [-0.2, -0.15) is 0 Å². The fourth-order valence-corrected chi connectivity index (χ4v) is 0. The summed E-state index contributed by atoms with van der Waals surface area (Å²) in [7, 11) is -6.26. The van der Waals surface area contributed by atoms with Gasteiger partial charge in [0.25, 0.3) is 0 Å². The van der Waals surface area contributed by atoms with E-state index < -0.39 is 18.3 Å². The van der Waals surface area contributed by atoms with Crippen LogP contribution in [0.25, 0.3) is 0 Å². The third kappa shape index (κ3) is 307. The molecule has 0 amide bonds. The Kier molecular flexibility index (Phi) is 38.0. The number of rotatable bonds is 0. The Morgan fingerprint density at radius 3 is 0.900 bits per heavy atom. The summed E-state index contributed by atoms with van der Waals surface area (Å²) in [6.07, 6.45) is 0. The first-order valence-corrected chi connectivity index (χ1v) is 3.91. The van der Waals surface area contributed by atoms with Gasteiger partial charge in [-0.05, 0) is 0 Å². The van der Waals surface area contributed by atoms with Crippen molar-refractivity contribution in [2.75, 3.05) is 0 Å². The third-order valence-electron chi connectivity index (χ3n) is 0. The van der Waals surface area contributed by atoms with Crippen LogP contribution >= 0.6 is 0 Å². The average Bonchev–Trinajstić information content (AvgIpc) is 1.25. The maximum atomic E-state index is 8.74. The Hall–Kier alpha value is 1.49. The van der Waals surface area contributed by atoms with Crippen LogP contribution < -0.4 is 29.6 Å². The maximum Gasteiger partial charge on any atom is 2.00 e. The molecular weight excluding hydrogens is 215 g/mol. The zero-order chi connectivity index (χ0) is 7.15. The molecule has 0 aromatic heterocycles. The van der Waals surface area contributed by atoms with Crippen molar-refractivity contribution < 1.29 is 61.9 Å². The smallest absolute Gasteiger partial charge is 1.00 e. The van der Waals surface area contributed by atoms with Crippen molar-refractivity contribution in [2.24, 2.45) is 0 Å². The van der Waals surface area contributed by atoms with Crippen molar-refractivity contribution >= 4 is 56.1 Å². The van der Waals surface area contributed by atoms with E-state index >= 15 is 0 Å². The molecule has 0 heterocycles. The molecule has 0 rings (SSSR count). The van der Waals surface area contributed by atoms with Crippen molar-refractivity contribution in [3.05, 3.63) is 0 Å². The van der Waals surface area contributed by atoms with E-state index in [0.29, 0.717) is 0 Å². The van der Waals surface area contributed by atoms with Crippen LogP contribution in [0.1, 0.15) is 4.28 Å². The van der Waals surface area contributed by atoms with E-state index in [2.05, 4.69) is 0 Å². The van der Waals surface area contributed by atoms with E-state index in [-0.39, 0.29) is 71.6 Å². The van der Waals surface area contributed by atoms with Crippen LogP contribution in [0.2, 0.25) is 0 Å². The van der Waals surface area contributed by atoms with Gasteiger partial charge in [0, 0.05) is 0 Å². The first-order chi connectivity index (χ1) is 3.46. The van der Waals surface area contributed by atoms with E-state index in [1.165, 1.54) is 0 Å². The van der Waals surface area contributed by atoms with E-state index in [0.717, 1.165) is 0 Å². The van der Waals surface area contributed by atoms with E-state index in [4.69, 9.17) is 28.1 Å². The molecular formula is H7CaNaO6Si2. The van der Waals surface area contributed by atoms with Gasteiger partial charge in [0.05, 0.1) is 0 Å². The third-order valence-corrected chi connectivity index (χ3v) is 0. The second kappa shape index (κ2) is 16.8. The second-order valence-corrected chi connectivity index (χ2v) is 1.70. The Morgan fingerprint density at radius 2 is 0.900 bits per heavy atom. The summed E-state index contributed by atoms with van der Waals surface area (Å²) >= 11 is 0. The Balaban J connectivity index is -0.00000000800. The van der Waals surface area contributed by atoms with E-state index in [1.807, 2.05) is 0 Å². The van der Waals surface area contributed by atoms with Crippen LogP contribution in [-0.4, -0.2) is 75.3 Å². The number of hydrogen-bond acceptors (Lipinski definition) is 2.